The first-order chi connectivity index (χ1) is 7.77. The summed E-state index contributed by atoms with van der Waals surface area (Å²) in [5, 5.41) is 6.94. The summed E-state index contributed by atoms with van der Waals surface area (Å²) in [6.07, 6.45) is 1.43. The van der Waals surface area contributed by atoms with Crippen LogP contribution in [0.2, 0.25) is 0 Å². The lowest BCUT2D eigenvalue weighted by Gasteiger charge is -1.97. The first kappa shape index (κ1) is 10.1. The molecule has 0 saturated carbocycles. The maximum Gasteiger partial charge on any atom is 0.359 e. The normalized spacial score (nSPS) is 9.81. The van der Waals surface area contributed by atoms with Gasteiger partial charge < -0.3 is 4.74 Å². The van der Waals surface area contributed by atoms with Crippen molar-refractivity contribution in [2.24, 2.45) is 4.99 Å². The molecule has 0 saturated heterocycles. The van der Waals surface area contributed by atoms with Crippen molar-refractivity contribution in [2.75, 3.05) is 7.11 Å². The molecule has 0 aliphatic carbocycles. The molecule has 6 nitrogen and oxygen atoms in total. The number of nitrogens with one attached hydrogen (secondary N) is 1. The van der Waals surface area contributed by atoms with Crippen molar-refractivity contribution < 1.29 is 14.3 Å². The lowest BCUT2D eigenvalue weighted by molar-refractivity contribution is 0.0596. The largest absolute Gasteiger partial charge is 0.464 e. The highest BCUT2D eigenvalue weighted by atomic mass is 16.5. The third-order valence-corrected chi connectivity index (χ3v) is 2.11. The van der Waals surface area contributed by atoms with E-state index in [4.69, 9.17) is 0 Å². The molecule has 2 rings (SSSR count). The van der Waals surface area contributed by atoms with Crippen LogP contribution >= 0.6 is 0 Å². The summed E-state index contributed by atoms with van der Waals surface area (Å²) in [4.78, 5) is 25.2. The summed E-state index contributed by atoms with van der Waals surface area (Å²) in [6, 6.07) is 5.01. The molecule has 0 amide bonds. The molecule has 0 radical (unpaired) electrons. The second-order valence-electron chi connectivity index (χ2n) is 2.97. The van der Waals surface area contributed by atoms with Crippen LogP contribution in [0.15, 0.2) is 23.2 Å². The number of aromatic amines is 1. The van der Waals surface area contributed by atoms with Gasteiger partial charge in [-0.15, -0.1) is 0 Å². The molecule has 0 bridgehead atoms. The minimum Gasteiger partial charge on any atom is -0.464 e. The van der Waals surface area contributed by atoms with Crippen molar-refractivity contribution in [3.63, 3.8) is 0 Å². The molecule has 0 aliphatic rings. The fraction of sp³-hybridized carbons (Fsp3) is 0.100. The molecule has 1 aromatic heterocycles. The van der Waals surface area contributed by atoms with Gasteiger partial charge in [0.2, 0.25) is 6.08 Å². The van der Waals surface area contributed by atoms with Gasteiger partial charge in [-0.05, 0) is 12.1 Å². The number of aliphatic imine (C=N–C) groups is 1. The smallest absolute Gasteiger partial charge is 0.359 e. The number of methoxy groups -OCH3 is 1. The molecule has 16 heavy (non-hydrogen) atoms. The van der Waals surface area contributed by atoms with Gasteiger partial charge in [-0.1, -0.05) is 6.07 Å². The van der Waals surface area contributed by atoms with Crippen molar-refractivity contribution >= 4 is 28.6 Å². The monoisotopic (exact) mass is 217 g/mol. The van der Waals surface area contributed by atoms with Crippen LogP contribution in [-0.4, -0.2) is 29.4 Å². The molecule has 1 heterocycles. The van der Waals surface area contributed by atoms with Crippen molar-refractivity contribution in [1.29, 1.82) is 0 Å². The summed E-state index contributed by atoms with van der Waals surface area (Å²) in [7, 11) is 1.26. The Hall–Kier alpha value is -2.46. The number of nitrogens with zero attached hydrogens (tertiary/aromatic N) is 2. The molecule has 0 unspecified atom stereocenters. The molecule has 0 fully saturated rings. The molecular weight excluding hydrogens is 210 g/mol. The van der Waals surface area contributed by atoms with Gasteiger partial charge in [0.25, 0.3) is 0 Å². The zero-order chi connectivity index (χ0) is 11.5. The maximum atomic E-state index is 11.4. The Morgan fingerprint density at radius 1 is 1.56 bits per heavy atom. The Bertz CT molecular complexity index is 596. The molecule has 0 spiro atoms. The van der Waals surface area contributed by atoms with Gasteiger partial charge in [-0.2, -0.15) is 10.1 Å². The Labute approximate surface area is 89.9 Å². The number of aromatic nitrogens is 2. The topological polar surface area (TPSA) is 84.4 Å². The lowest BCUT2D eigenvalue weighted by Crippen LogP contribution is -2.01. The van der Waals surface area contributed by atoms with Gasteiger partial charge in [0.05, 0.1) is 23.7 Å². The predicted octanol–water partition coefficient (Wildman–Crippen LogP) is 1.32. The fourth-order valence-corrected chi connectivity index (χ4v) is 1.44. The van der Waals surface area contributed by atoms with E-state index in [9.17, 15) is 9.59 Å². The Kier molecular flexibility index (Phi) is 2.49. The van der Waals surface area contributed by atoms with E-state index >= 15 is 0 Å². The van der Waals surface area contributed by atoms with E-state index in [1.807, 2.05) is 0 Å². The summed E-state index contributed by atoms with van der Waals surface area (Å²) in [5.74, 6) is -0.584. The summed E-state index contributed by atoms with van der Waals surface area (Å²) in [5.41, 5.74) is 1.05. The number of carbonyl (C=O) groups excluding carboxylic acids is 2. The van der Waals surface area contributed by atoms with Gasteiger partial charge in [0, 0.05) is 0 Å². The Balaban J connectivity index is 2.77. The molecule has 1 aromatic carbocycles. The third kappa shape index (κ3) is 1.47. The second-order valence-corrected chi connectivity index (χ2v) is 2.97. The highest BCUT2D eigenvalue weighted by molar-refractivity contribution is 6.06. The van der Waals surface area contributed by atoms with Crippen LogP contribution in [0.4, 0.5) is 5.69 Å². The third-order valence-electron chi connectivity index (χ3n) is 2.11. The first-order valence-corrected chi connectivity index (χ1v) is 4.41. The van der Waals surface area contributed by atoms with Crippen molar-refractivity contribution in [2.45, 2.75) is 0 Å². The van der Waals surface area contributed by atoms with Crippen LogP contribution < -0.4 is 0 Å². The van der Waals surface area contributed by atoms with E-state index in [1.54, 1.807) is 18.2 Å². The predicted molar refractivity (Wildman–Crippen MR) is 55.2 cm³/mol. The number of rotatable bonds is 2. The standard InChI is InChI=1S/C10H7N3O3/c1-16-10(15)9-8-6(11-5-14)3-2-4-7(8)12-13-9/h2-4H,1H3,(H,12,13). The number of esters is 1. The minimum absolute atomic E-state index is 0.104. The number of carbonyl (C=O) groups is 1. The molecule has 1 N–H and O–H groups in total. The molecule has 0 atom stereocenters. The van der Waals surface area contributed by atoms with Gasteiger partial charge in [0.1, 0.15) is 0 Å². The van der Waals surface area contributed by atoms with Crippen LogP contribution in [0, 0.1) is 0 Å². The highest BCUT2D eigenvalue weighted by Gasteiger charge is 2.17. The van der Waals surface area contributed by atoms with Crippen LogP contribution in [0.25, 0.3) is 10.9 Å². The number of benzene rings is 1. The number of isocyanates is 1. The van der Waals surface area contributed by atoms with Crippen LogP contribution in [-0.2, 0) is 9.53 Å². The van der Waals surface area contributed by atoms with Crippen molar-refractivity contribution in [1.82, 2.24) is 10.2 Å². The van der Waals surface area contributed by atoms with Crippen LogP contribution in [0.1, 0.15) is 10.5 Å². The number of fused-ring (bicyclic) bond motifs is 1. The fourth-order valence-electron chi connectivity index (χ4n) is 1.44. The summed E-state index contributed by atoms with van der Waals surface area (Å²) >= 11 is 0. The van der Waals surface area contributed by atoms with Gasteiger partial charge in [0.15, 0.2) is 5.69 Å². The van der Waals surface area contributed by atoms with E-state index in [0.717, 1.165) is 0 Å². The van der Waals surface area contributed by atoms with E-state index in [-0.39, 0.29) is 5.69 Å². The van der Waals surface area contributed by atoms with Crippen molar-refractivity contribution in [3.8, 4) is 0 Å². The Morgan fingerprint density at radius 2 is 2.38 bits per heavy atom. The van der Waals surface area contributed by atoms with Crippen molar-refractivity contribution in [3.05, 3.63) is 23.9 Å². The zero-order valence-corrected chi connectivity index (χ0v) is 8.35. The molecular formula is C10H7N3O3. The van der Waals surface area contributed by atoms with E-state index in [0.29, 0.717) is 16.6 Å². The number of hydrogen-bond donors (Lipinski definition) is 1. The molecule has 6 heteroatoms. The summed E-state index contributed by atoms with van der Waals surface area (Å²) in [6.45, 7) is 0. The zero-order valence-electron chi connectivity index (χ0n) is 8.35. The minimum atomic E-state index is -0.584. The maximum absolute atomic E-state index is 11.4. The average molecular weight is 217 g/mol. The van der Waals surface area contributed by atoms with Gasteiger partial charge in [-0.3, -0.25) is 5.10 Å². The Morgan fingerprint density at radius 3 is 3.06 bits per heavy atom. The van der Waals surface area contributed by atoms with Gasteiger partial charge in [-0.25, -0.2) is 9.59 Å². The van der Waals surface area contributed by atoms with E-state index in [2.05, 4.69) is 19.9 Å². The number of H-pyrrole nitrogens is 1. The highest BCUT2D eigenvalue weighted by Crippen LogP contribution is 2.27. The van der Waals surface area contributed by atoms with Crippen LogP contribution in [0.5, 0.6) is 0 Å². The molecule has 2 aromatic rings. The molecule has 80 valence electrons. The van der Waals surface area contributed by atoms with Crippen LogP contribution in [0.3, 0.4) is 0 Å². The second kappa shape index (κ2) is 3.96. The van der Waals surface area contributed by atoms with Gasteiger partial charge >= 0.3 is 5.97 Å². The first-order valence-electron chi connectivity index (χ1n) is 4.41. The SMILES string of the molecule is COC(=O)c1n[nH]c2cccc(N=C=O)c12. The summed E-state index contributed by atoms with van der Waals surface area (Å²) < 4.78 is 4.57. The lowest BCUT2D eigenvalue weighted by atomic mass is 10.1. The number of ether oxygens (including phenoxy) is 1. The van der Waals surface area contributed by atoms with E-state index < -0.39 is 5.97 Å². The molecule has 0 aliphatic heterocycles. The van der Waals surface area contributed by atoms with E-state index in [1.165, 1.54) is 13.2 Å². The quantitative estimate of drug-likeness (QED) is 0.467. The average Bonchev–Trinajstić information content (AvgIpc) is 2.73. The number of hydrogen-bond acceptors (Lipinski definition) is 5.